The first-order valence-corrected chi connectivity index (χ1v) is 11.6. The standard InChI is InChI=1S/C24H26N4O5S/c1-4-28-20(11-10-16-8-6-5-7-9-16)26-27-24(28)34-15-21(29)25-19-13-17(22(30)32-2)12-18(14-19)23(31)33-3/h5-9,12-14H,4,10-11,15H2,1-3H3,(H,25,29). The molecule has 1 aromatic heterocycles. The van der Waals surface area contributed by atoms with E-state index in [0.29, 0.717) is 11.7 Å². The average Bonchev–Trinajstić information content (AvgIpc) is 3.27. The second-order valence-electron chi connectivity index (χ2n) is 7.25. The molecule has 0 spiro atoms. The number of esters is 2. The highest BCUT2D eigenvalue weighted by atomic mass is 32.2. The molecule has 0 bridgehead atoms. The zero-order valence-electron chi connectivity index (χ0n) is 19.2. The number of ether oxygens (including phenoxy) is 2. The first-order chi connectivity index (χ1) is 16.4. The normalized spacial score (nSPS) is 10.6. The van der Waals surface area contributed by atoms with Crippen LogP contribution < -0.4 is 5.32 Å². The Hall–Kier alpha value is -3.66. The number of nitrogens with zero attached hydrogens (tertiary/aromatic N) is 3. The smallest absolute Gasteiger partial charge is 0.337 e. The van der Waals surface area contributed by atoms with Gasteiger partial charge in [0, 0.05) is 18.7 Å². The van der Waals surface area contributed by atoms with Gasteiger partial charge in [0.05, 0.1) is 31.1 Å². The van der Waals surface area contributed by atoms with Crippen LogP contribution in [-0.2, 0) is 33.7 Å². The Labute approximate surface area is 201 Å². The highest BCUT2D eigenvalue weighted by Gasteiger charge is 2.17. The van der Waals surface area contributed by atoms with E-state index in [9.17, 15) is 14.4 Å². The molecule has 1 heterocycles. The highest BCUT2D eigenvalue weighted by molar-refractivity contribution is 7.99. The van der Waals surface area contributed by atoms with Crippen LogP contribution in [0.1, 0.15) is 39.0 Å². The van der Waals surface area contributed by atoms with Gasteiger partial charge in [0.25, 0.3) is 0 Å². The lowest BCUT2D eigenvalue weighted by Crippen LogP contribution is -2.16. The molecule has 3 aromatic rings. The van der Waals surface area contributed by atoms with Crippen molar-refractivity contribution in [2.24, 2.45) is 0 Å². The maximum absolute atomic E-state index is 12.6. The molecule has 0 saturated heterocycles. The molecule has 0 unspecified atom stereocenters. The van der Waals surface area contributed by atoms with Gasteiger partial charge in [0.15, 0.2) is 5.16 Å². The van der Waals surface area contributed by atoms with Gasteiger partial charge in [-0.15, -0.1) is 10.2 Å². The third kappa shape index (κ3) is 6.44. The molecule has 0 aliphatic rings. The van der Waals surface area contributed by atoms with Crippen LogP contribution in [0.4, 0.5) is 5.69 Å². The number of thioether (sulfide) groups is 1. The number of rotatable bonds is 10. The van der Waals surface area contributed by atoms with E-state index < -0.39 is 11.9 Å². The molecule has 0 aliphatic carbocycles. The van der Waals surface area contributed by atoms with E-state index in [1.165, 1.54) is 49.7 Å². The number of benzene rings is 2. The molecule has 9 nitrogen and oxygen atoms in total. The number of anilines is 1. The lowest BCUT2D eigenvalue weighted by Gasteiger charge is -2.10. The third-order valence-corrected chi connectivity index (χ3v) is 5.95. The molecule has 10 heteroatoms. The number of hydrogen-bond donors (Lipinski definition) is 1. The van der Waals surface area contributed by atoms with E-state index in [-0.39, 0.29) is 28.5 Å². The van der Waals surface area contributed by atoms with Crippen molar-refractivity contribution in [1.82, 2.24) is 14.8 Å². The van der Waals surface area contributed by atoms with Crippen molar-refractivity contribution < 1.29 is 23.9 Å². The monoisotopic (exact) mass is 482 g/mol. The number of nitrogens with one attached hydrogen (secondary N) is 1. The molecule has 3 rings (SSSR count). The Morgan fingerprint density at radius 3 is 2.18 bits per heavy atom. The summed E-state index contributed by atoms with van der Waals surface area (Å²) in [5.74, 6) is -0.640. The fourth-order valence-electron chi connectivity index (χ4n) is 3.33. The number of aromatic nitrogens is 3. The van der Waals surface area contributed by atoms with Crippen LogP contribution in [0.15, 0.2) is 53.7 Å². The molecule has 1 amide bonds. The number of aryl methyl sites for hydroxylation is 2. The molecular weight excluding hydrogens is 456 g/mol. The minimum atomic E-state index is -0.630. The number of amides is 1. The summed E-state index contributed by atoms with van der Waals surface area (Å²) in [6.07, 6.45) is 1.59. The van der Waals surface area contributed by atoms with Crippen LogP contribution >= 0.6 is 11.8 Å². The van der Waals surface area contributed by atoms with Gasteiger partial charge in [-0.25, -0.2) is 9.59 Å². The summed E-state index contributed by atoms with van der Waals surface area (Å²) in [4.78, 5) is 36.4. The first-order valence-electron chi connectivity index (χ1n) is 10.7. The number of carbonyl (C=O) groups is 3. The molecule has 0 radical (unpaired) electrons. The maximum Gasteiger partial charge on any atom is 0.337 e. The highest BCUT2D eigenvalue weighted by Crippen LogP contribution is 2.20. The Morgan fingerprint density at radius 1 is 0.941 bits per heavy atom. The van der Waals surface area contributed by atoms with Crippen molar-refractivity contribution in [3.05, 3.63) is 71.0 Å². The molecule has 2 aromatic carbocycles. The van der Waals surface area contributed by atoms with E-state index in [2.05, 4.69) is 27.6 Å². The minimum absolute atomic E-state index is 0.0762. The fourth-order valence-corrected chi connectivity index (χ4v) is 4.15. The molecular formula is C24H26N4O5S. The van der Waals surface area contributed by atoms with Gasteiger partial charge in [-0.3, -0.25) is 4.79 Å². The zero-order chi connectivity index (χ0) is 24.5. The lowest BCUT2D eigenvalue weighted by atomic mass is 10.1. The number of methoxy groups -OCH3 is 2. The Morgan fingerprint density at radius 2 is 1.59 bits per heavy atom. The molecule has 0 saturated carbocycles. The molecule has 0 aliphatic heterocycles. The summed E-state index contributed by atoms with van der Waals surface area (Å²) >= 11 is 1.27. The van der Waals surface area contributed by atoms with Gasteiger partial charge in [-0.2, -0.15) is 0 Å². The van der Waals surface area contributed by atoms with E-state index in [1.54, 1.807) is 0 Å². The summed E-state index contributed by atoms with van der Waals surface area (Å²) in [5.41, 5.74) is 1.76. The van der Waals surface area contributed by atoms with Gasteiger partial charge < -0.3 is 19.4 Å². The van der Waals surface area contributed by atoms with E-state index in [1.807, 2.05) is 29.7 Å². The molecule has 0 atom stereocenters. The topological polar surface area (TPSA) is 112 Å². The maximum atomic E-state index is 12.6. The molecule has 1 N–H and O–H groups in total. The van der Waals surface area contributed by atoms with Crippen LogP contribution in [0.2, 0.25) is 0 Å². The Balaban J connectivity index is 1.65. The average molecular weight is 483 g/mol. The predicted octanol–water partition coefficient (Wildman–Crippen LogP) is 3.39. The van der Waals surface area contributed by atoms with Crippen molar-refractivity contribution in [2.45, 2.75) is 31.5 Å². The zero-order valence-corrected chi connectivity index (χ0v) is 20.1. The minimum Gasteiger partial charge on any atom is -0.465 e. The first kappa shape index (κ1) is 25.0. The number of hydrogen-bond acceptors (Lipinski definition) is 8. The van der Waals surface area contributed by atoms with Crippen molar-refractivity contribution in [3.63, 3.8) is 0 Å². The van der Waals surface area contributed by atoms with E-state index >= 15 is 0 Å². The van der Waals surface area contributed by atoms with E-state index in [0.717, 1.165) is 18.7 Å². The van der Waals surface area contributed by atoms with Gasteiger partial charge in [-0.05, 0) is 37.1 Å². The SMILES string of the molecule is CCn1c(CCc2ccccc2)nnc1SCC(=O)Nc1cc(C(=O)OC)cc(C(=O)OC)c1. The van der Waals surface area contributed by atoms with Gasteiger partial charge in [0.1, 0.15) is 5.82 Å². The summed E-state index contributed by atoms with van der Waals surface area (Å²) in [5, 5.41) is 11.9. The largest absolute Gasteiger partial charge is 0.465 e. The van der Waals surface area contributed by atoms with Crippen molar-refractivity contribution >= 4 is 35.3 Å². The fraction of sp³-hybridized carbons (Fsp3) is 0.292. The Bertz CT molecular complexity index is 1130. The second-order valence-corrected chi connectivity index (χ2v) is 8.19. The van der Waals surface area contributed by atoms with Crippen molar-refractivity contribution in [2.75, 3.05) is 25.3 Å². The van der Waals surface area contributed by atoms with Crippen LogP contribution in [0.25, 0.3) is 0 Å². The predicted molar refractivity (Wildman–Crippen MR) is 128 cm³/mol. The van der Waals surface area contributed by atoms with Gasteiger partial charge in [0.2, 0.25) is 5.91 Å². The Kier molecular flexibility index (Phi) is 8.80. The number of carbonyl (C=O) groups excluding carboxylic acids is 3. The summed E-state index contributed by atoms with van der Waals surface area (Å²) < 4.78 is 11.4. The molecule has 0 fully saturated rings. The van der Waals surface area contributed by atoms with Crippen molar-refractivity contribution in [1.29, 1.82) is 0 Å². The molecule has 34 heavy (non-hydrogen) atoms. The third-order valence-electron chi connectivity index (χ3n) is 4.98. The lowest BCUT2D eigenvalue weighted by molar-refractivity contribution is -0.113. The van der Waals surface area contributed by atoms with Crippen LogP contribution in [0, 0.1) is 0 Å². The summed E-state index contributed by atoms with van der Waals surface area (Å²) in [6.45, 7) is 2.69. The van der Waals surface area contributed by atoms with Crippen molar-refractivity contribution in [3.8, 4) is 0 Å². The summed E-state index contributed by atoms with van der Waals surface area (Å²) in [7, 11) is 2.47. The molecule has 178 valence electrons. The second kappa shape index (κ2) is 12.0. The van der Waals surface area contributed by atoms with Gasteiger partial charge in [-0.1, -0.05) is 42.1 Å². The quantitative estimate of drug-likeness (QED) is 0.346. The summed E-state index contributed by atoms with van der Waals surface area (Å²) in [6, 6.07) is 14.4. The van der Waals surface area contributed by atoms with Gasteiger partial charge >= 0.3 is 11.9 Å². The van der Waals surface area contributed by atoms with Crippen LogP contribution in [0.3, 0.4) is 0 Å². The van der Waals surface area contributed by atoms with Crippen LogP contribution in [0.5, 0.6) is 0 Å². The van der Waals surface area contributed by atoms with E-state index in [4.69, 9.17) is 9.47 Å². The van der Waals surface area contributed by atoms with Crippen LogP contribution in [-0.4, -0.2) is 52.6 Å².